The Morgan fingerprint density at radius 3 is 2.67 bits per heavy atom. The molecule has 6 nitrogen and oxygen atoms in total. The lowest BCUT2D eigenvalue weighted by atomic mass is 10.1. The van der Waals surface area contributed by atoms with Gasteiger partial charge < -0.3 is 26.8 Å². The van der Waals surface area contributed by atoms with Crippen molar-refractivity contribution in [1.82, 2.24) is 9.88 Å². The van der Waals surface area contributed by atoms with Gasteiger partial charge in [0, 0.05) is 6.54 Å². The van der Waals surface area contributed by atoms with Gasteiger partial charge in [-0.1, -0.05) is 17.4 Å². The lowest BCUT2D eigenvalue weighted by Crippen LogP contribution is -3.00. The van der Waals surface area contributed by atoms with Crippen molar-refractivity contribution in [1.29, 1.82) is 0 Å². The van der Waals surface area contributed by atoms with E-state index in [9.17, 15) is 4.79 Å². The zero-order valence-electron chi connectivity index (χ0n) is 16.1. The Balaban J connectivity index is 0.00000261. The zero-order chi connectivity index (χ0) is 18.7. The summed E-state index contributed by atoms with van der Waals surface area (Å²) in [5.74, 6) is 0.0464. The first-order valence-corrected chi connectivity index (χ1v) is 9.56. The quantitative estimate of drug-likeness (QED) is 0.675. The first-order chi connectivity index (χ1) is 12.5. The molecular formula is C19H25ClN3O3S-. The number of anilines is 1. The molecule has 1 aliphatic rings. The molecule has 1 amide bonds. The highest BCUT2D eigenvalue weighted by molar-refractivity contribution is 7.22. The van der Waals surface area contributed by atoms with E-state index < -0.39 is 0 Å². The maximum atomic E-state index is 13.0. The largest absolute Gasteiger partial charge is 1.00 e. The third-order valence-electron chi connectivity index (χ3n) is 4.14. The van der Waals surface area contributed by atoms with E-state index in [4.69, 9.17) is 14.5 Å². The second kappa shape index (κ2) is 9.39. The molecule has 1 aromatic heterocycles. The van der Waals surface area contributed by atoms with Crippen LogP contribution in [0, 0.1) is 13.8 Å². The first-order valence-electron chi connectivity index (χ1n) is 8.74. The molecule has 0 radical (unpaired) electrons. The van der Waals surface area contributed by atoms with Crippen LogP contribution in [-0.2, 0) is 14.3 Å². The van der Waals surface area contributed by atoms with Gasteiger partial charge in [0.2, 0.25) is 5.76 Å². The summed E-state index contributed by atoms with van der Waals surface area (Å²) in [5, 5.41) is 0.701. The number of nitrogens with zero attached hydrogens (tertiary/aromatic N) is 3. The smallest absolute Gasteiger partial charge is 0.298 e. The van der Waals surface area contributed by atoms with Crippen LogP contribution in [0.15, 0.2) is 24.2 Å². The van der Waals surface area contributed by atoms with Gasteiger partial charge in [-0.3, -0.25) is 9.69 Å². The molecule has 1 aliphatic heterocycles. The van der Waals surface area contributed by atoms with Gasteiger partial charge in [-0.2, -0.15) is 0 Å². The monoisotopic (exact) mass is 410 g/mol. The summed E-state index contributed by atoms with van der Waals surface area (Å²) >= 11 is 1.54. The number of hydrogen-bond acceptors (Lipinski definition) is 6. The van der Waals surface area contributed by atoms with E-state index in [0.717, 1.165) is 28.7 Å². The van der Waals surface area contributed by atoms with Crippen LogP contribution in [0.5, 0.6) is 0 Å². The number of carbonyl (C=O) groups is 1. The Labute approximate surface area is 170 Å². The highest BCUT2D eigenvalue weighted by Crippen LogP contribution is 2.32. The number of fused-ring (bicyclic) bond motifs is 1. The van der Waals surface area contributed by atoms with Crippen molar-refractivity contribution in [3.63, 3.8) is 0 Å². The van der Waals surface area contributed by atoms with Gasteiger partial charge in [0.1, 0.15) is 19.5 Å². The maximum Gasteiger partial charge on any atom is 0.298 e. The van der Waals surface area contributed by atoms with Crippen molar-refractivity contribution in [3.8, 4) is 0 Å². The minimum Gasteiger partial charge on any atom is -1.00 e. The van der Waals surface area contributed by atoms with Crippen LogP contribution in [0.3, 0.4) is 0 Å². The molecule has 0 bridgehead atoms. The van der Waals surface area contributed by atoms with Gasteiger partial charge in [0.25, 0.3) is 5.91 Å². The number of thiazole rings is 1. The number of rotatable bonds is 6. The van der Waals surface area contributed by atoms with Crippen molar-refractivity contribution in [2.75, 3.05) is 45.3 Å². The van der Waals surface area contributed by atoms with Crippen molar-refractivity contribution in [3.05, 3.63) is 35.3 Å². The van der Waals surface area contributed by atoms with Gasteiger partial charge in [-0.25, -0.2) is 4.98 Å². The number of benzene rings is 1. The van der Waals surface area contributed by atoms with Crippen molar-refractivity contribution in [2.24, 2.45) is 0 Å². The lowest BCUT2D eigenvalue weighted by Gasteiger charge is -2.23. The average Bonchev–Trinajstić information content (AvgIpc) is 3.02. The van der Waals surface area contributed by atoms with Gasteiger partial charge >= 0.3 is 0 Å². The minimum absolute atomic E-state index is 0. The summed E-state index contributed by atoms with van der Waals surface area (Å²) in [6.45, 7) is 6.46. The predicted molar refractivity (Wildman–Crippen MR) is 105 cm³/mol. The third-order valence-corrected chi connectivity index (χ3v) is 5.17. The third kappa shape index (κ3) is 5.12. The fourth-order valence-electron chi connectivity index (χ4n) is 2.92. The SMILES string of the molecule is Cc1cc(C)c2nc(N(CCCN(C)C)C(=O)C3=COCCO3)sc2c1.[Cl-]. The molecule has 0 N–H and O–H groups in total. The van der Waals surface area contributed by atoms with E-state index in [1.807, 2.05) is 14.1 Å². The average molecular weight is 411 g/mol. The number of aromatic nitrogens is 1. The molecule has 0 atom stereocenters. The molecule has 3 rings (SSSR count). The van der Waals surface area contributed by atoms with Crippen molar-refractivity contribution < 1.29 is 26.7 Å². The molecule has 8 heteroatoms. The Morgan fingerprint density at radius 1 is 1.22 bits per heavy atom. The first kappa shape index (κ1) is 21.5. The summed E-state index contributed by atoms with van der Waals surface area (Å²) in [4.78, 5) is 21.6. The molecule has 0 unspecified atom stereocenters. The molecule has 0 aliphatic carbocycles. The molecule has 0 saturated carbocycles. The van der Waals surface area contributed by atoms with E-state index in [1.165, 1.54) is 11.8 Å². The molecule has 2 aromatic rings. The fourth-order valence-corrected chi connectivity index (χ4v) is 4.08. The summed E-state index contributed by atoms with van der Waals surface area (Å²) in [6, 6.07) is 4.23. The minimum atomic E-state index is -0.197. The molecule has 0 fully saturated rings. The van der Waals surface area contributed by atoms with E-state index in [2.05, 4.69) is 30.9 Å². The van der Waals surface area contributed by atoms with Gasteiger partial charge in [0.15, 0.2) is 5.13 Å². The highest BCUT2D eigenvalue weighted by atomic mass is 35.5. The fraction of sp³-hybridized carbons (Fsp3) is 0.474. The standard InChI is InChI=1S/C19H25N3O3S.ClH/c1-13-10-14(2)17-16(11-13)26-19(20-17)22(7-5-6-21(3)4)18(23)15-12-24-8-9-25-15;/h10-12H,5-9H2,1-4H3;1H/p-1. The van der Waals surface area contributed by atoms with Crippen LogP contribution in [0.2, 0.25) is 0 Å². The predicted octanol–water partition coefficient (Wildman–Crippen LogP) is 0.0900. The number of ether oxygens (including phenoxy) is 2. The van der Waals surface area contributed by atoms with Crippen LogP contribution < -0.4 is 17.3 Å². The topological polar surface area (TPSA) is 54.9 Å². The Morgan fingerprint density at radius 2 is 2.00 bits per heavy atom. The number of hydrogen-bond donors (Lipinski definition) is 0. The Kier molecular flexibility index (Phi) is 7.47. The molecule has 0 spiro atoms. The van der Waals surface area contributed by atoms with E-state index in [0.29, 0.717) is 24.9 Å². The summed E-state index contributed by atoms with van der Waals surface area (Å²) in [5.41, 5.74) is 3.28. The summed E-state index contributed by atoms with van der Waals surface area (Å²) in [7, 11) is 4.05. The molecule has 148 valence electrons. The molecule has 0 saturated heterocycles. The van der Waals surface area contributed by atoms with Gasteiger partial charge in [-0.15, -0.1) is 0 Å². The van der Waals surface area contributed by atoms with Gasteiger partial charge in [0.05, 0.1) is 10.2 Å². The van der Waals surface area contributed by atoms with Crippen LogP contribution in [-0.4, -0.2) is 56.2 Å². The van der Waals surface area contributed by atoms with Gasteiger partial charge in [-0.05, 0) is 58.1 Å². The second-order valence-electron chi connectivity index (χ2n) is 6.74. The lowest BCUT2D eigenvalue weighted by molar-refractivity contribution is -0.119. The summed E-state index contributed by atoms with van der Waals surface area (Å²) < 4.78 is 11.9. The number of halogens is 1. The zero-order valence-corrected chi connectivity index (χ0v) is 17.7. The molecule has 2 heterocycles. The molecule has 1 aromatic carbocycles. The van der Waals surface area contributed by atoms with Crippen molar-refractivity contribution in [2.45, 2.75) is 20.3 Å². The van der Waals surface area contributed by atoms with Crippen LogP contribution in [0.4, 0.5) is 5.13 Å². The van der Waals surface area contributed by atoms with Crippen LogP contribution in [0.1, 0.15) is 17.5 Å². The Bertz CT molecular complexity index is 835. The van der Waals surface area contributed by atoms with E-state index in [-0.39, 0.29) is 24.1 Å². The molecule has 27 heavy (non-hydrogen) atoms. The van der Waals surface area contributed by atoms with E-state index >= 15 is 0 Å². The summed E-state index contributed by atoms with van der Waals surface area (Å²) in [6.07, 6.45) is 2.26. The number of aryl methyl sites for hydroxylation is 2. The van der Waals surface area contributed by atoms with Crippen LogP contribution >= 0.6 is 11.3 Å². The normalized spacial score (nSPS) is 13.6. The second-order valence-corrected chi connectivity index (χ2v) is 7.75. The number of amides is 1. The van der Waals surface area contributed by atoms with Crippen molar-refractivity contribution >= 4 is 32.6 Å². The number of carbonyl (C=O) groups excluding carboxylic acids is 1. The van der Waals surface area contributed by atoms with E-state index in [1.54, 1.807) is 16.2 Å². The molecular weight excluding hydrogens is 386 g/mol. The maximum absolute atomic E-state index is 13.0. The van der Waals surface area contributed by atoms with Crippen LogP contribution in [0.25, 0.3) is 10.2 Å². The highest BCUT2D eigenvalue weighted by Gasteiger charge is 2.26. The Hall–Kier alpha value is -1.83.